The van der Waals surface area contributed by atoms with Gasteiger partial charge in [0.15, 0.2) is 6.04 Å². The van der Waals surface area contributed by atoms with Crippen LogP contribution in [-0.2, 0) is 25.6 Å². The molecule has 0 bridgehead atoms. The van der Waals surface area contributed by atoms with Gasteiger partial charge in [0, 0.05) is 18.3 Å². The van der Waals surface area contributed by atoms with Crippen LogP contribution in [0.5, 0.6) is 0 Å². The Morgan fingerprint density at radius 2 is 1.66 bits per heavy atom. The van der Waals surface area contributed by atoms with E-state index >= 15 is 0 Å². The van der Waals surface area contributed by atoms with Crippen molar-refractivity contribution in [3.8, 4) is 0 Å². The van der Waals surface area contributed by atoms with Gasteiger partial charge in [-0.2, -0.15) is 0 Å². The normalized spacial score (nSPS) is 15.5. The van der Waals surface area contributed by atoms with Crippen molar-refractivity contribution in [2.45, 2.75) is 83.1 Å². The van der Waals surface area contributed by atoms with Gasteiger partial charge < -0.3 is 42.6 Å². The minimum atomic E-state index is -1.55. The number of amides is 3. The quantitative estimate of drug-likeness (QED) is 0.123. The number of rotatable bonds is 16. The molecule has 0 aliphatic rings. The minimum Gasteiger partial charge on any atom is -0.480 e. The van der Waals surface area contributed by atoms with Crippen LogP contribution in [0.1, 0.15) is 52.1 Å². The van der Waals surface area contributed by atoms with E-state index in [9.17, 15) is 29.4 Å². The third kappa shape index (κ3) is 10.8. The summed E-state index contributed by atoms with van der Waals surface area (Å²) in [5.41, 5.74) is 12.1. The number of nitrogens with two attached hydrogens (primary N) is 2. The van der Waals surface area contributed by atoms with E-state index in [0.717, 1.165) is 0 Å². The summed E-state index contributed by atoms with van der Waals surface area (Å²) < 4.78 is 0. The van der Waals surface area contributed by atoms with E-state index in [0.29, 0.717) is 31.5 Å². The summed E-state index contributed by atoms with van der Waals surface area (Å²) in [6.07, 6.45) is 3.31. The number of aliphatic carboxylic acids is 1. The van der Waals surface area contributed by atoms with Gasteiger partial charge in [0.2, 0.25) is 17.7 Å². The maximum absolute atomic E-state index is 13.2. The zero-order valence-electron chi connectivity index (χ0n) is 20.5. The number of aliphatic hydroxyl groups excluding tert-OH is 1. The third-order valence-corrected chi connectivity index (χ3v) is 5.30. The number of carbonyl (C=O) groups excluding carboxylic acids is 3. The molecule has 0 aromatic carbocycles. The van der Waals surface area contributed by atoms with Gasteiger partial charge in [-0.05, 0) is 45.1 Å². The number of carbonyl (C=O) groups is 4. The summed E-state index contributed by atoms with van der Waals surface area (Å²) in [5.74, 6) is -3.18. The van der Waals surface area contributed by atoms with E-state index < -0.39 is 54.0 Å². The molecule has 3 amide bonds. The first kappa shape index (κ1) is 30.0. The van der Waals surface area contributed by atoms with Crippen LogP contribution in [0.4, 0.5) is 0 Å². The predicted molar refractivity (Wildman–Crippen MR) is 128 cm³/mol. The zero-order valence-corrected chi connectivity index (χ0v) is 20.5. The summed E-state index contributed by atoms with van der Waals surface area (Å²) in [4.78, 5) is 56.8. The maximum Gasteiger partial charge on any atom is 0.328 e. The van der Waals surface area contributed by atoms with Crippen molar-refractivity contribution in [3.63, 3.8) is 0 Å². The summed E-state index contributed by atoms with van der Waals surface area (Å²) in [5, 5.41) is 26.4. The van der Waals surface area contributed by atoms with Crippen molar-refractivity contribution < 1.29 is 29.4 Å². The van der Waals surface area contributed by atoms with Crippen LogP contribution < -0.4 is 27.4 Å². The molecular weight excluding hydrogens is 458 g/mol. The number of aromatic nitrogens is 2. The number of H-pyrrole nitrogens is 1. The standard InChI is InChI=1S/C22H39N7O6/c1-12(2)8-15(24)19(31)28-17(9-14-10-25-11-26-14)21(33)27-16(6-4-5-7-23)20(32)29-18(13(3)30)22(34)35/h10-13,15-18,30H,4-9,23-24H2,1-3H3,(H,25,26)(H,27,33)(H,28,31)(H,29,32)(H,34,35). The molecule has 0 spiro atoms. The fourth-order valence-corrected chi connectivity index (χ4v) is 3.40. The number of unbranched alkanes of at least 4 members (excludes halogenated alkanes) is 1. The van der Waals surface area contributed by atoms with Gasteiger partial charge in [0.25, 0.3) is 0 Å². The Balaban J connectivity index is 3.04. The molecular formula is C22H39N7O6. The first-order valence-corrected chi connectivity index (χ1v) is 11.7. The lowest BCUT2D eigenvalue weighted by atomic mass is 10.0. The van der Waals surface area contributed by atoms with Crippen molar-refractivity contribution in [1.82, 2.24) is 25.9 Å². The Labute approximate surface area is 204 Å². The lowest BCUT2D eigenvalue weighted by Gasteiger charge is -2.26. The molecule has 0 radical (unpaired) electrons. The second-order valence-electron chi connectivity index (χ2n) is 8.99. The molecule has 0 saturated carbocycles. The molecule has 0 aliphatic heterocycles. The van der Waals surface area contributed by atoms with Crippen LogP contribution in [0.3, 0.4) is 0 Å². The zero-order chi connectivity index (χ0) is 26.5. The number of hydrogen-bond acceptors (Lipinski definition) is 8. The Kier molecular flexibility index (Phi) is 12.9. The van der Waals surface area contributed by atoms with E-state index in [4.69, 9.17) is 11.5 Å². The van der Waals surface area contributed by atoms with E-state index in [-0.39, 0.29) is 18.8 Å². The van der Waals surface area contributed by atoms with Crippen LogP contribution in [0.25, 0.3) is 0 Å². The van der Waals surface area contributed by atoms with Gasteiger partial charge in [-0.25, -0.2) is 9.78 Å². The second kappa shape index (κ2) is 15.1. The molecule has 13 heteroatoms. The fourth-order valence-electron chi connectivity index (χ4n) is 3.40. The van der Waals surface area contributed by atoms with Crippen LogP contribution >= 0.6 is 0 Å². The van der Waals surface area contributed by atoms with Crippen LogP contribution in [0.15, 0.2) is 12.5 Å². The smallest absolute Gasteiger partial charge is 0.328 e. The Bertz CT molecular complexity index is 815. The molecule has 5 unspecified atom stereocenters. The molecule has 13 nitrogen and oxygen atoms in total. The topological polar surface area (TPSA) is 226 Å². The van der Waals surface area contributed by atoms with Crippen molar-refractivity contribution >= 4 is 23.7 Å². The highest BCUT2D eigenvalue weighted by atomic mass is 16.4. The van der Waals surface area contributed by atoms with E-state index in [1.165, 1.54) is 19.4 Å². The van der Waals surface area contributed by atoms with Crippen LogP contribution in [-0.4, -0.2) is 80.7 Å². The highest BCUT2D eigenvalue weighted by Crippen LogP contribution is 2.07. The number of nitrogens with zero attached hydrogens (tertiary/aromatic N) is 1. The van der Waals surface area contributed by atoms with Gasteiger partial charge in [-0.1, -0.05) is 13.8 Å². The van der Waals surface area contributed by atoms with Gasteiger partial charge in [-0.15, -0.1) is 0 Å². The molecule has 0 fully saturated rings. The molecule has 35 heavy (non-hydrogen) atoms. The van der Waals surface area contributed by atoms with Crippen molar-refractivity contribution in [2.75, 3.05) is 6.54 Å². The number of carboxylic acid groups (broad SMARTS) is 1. The number of carboxylic acids is 1. The summed E-state index contributed by atoms with van der Waals surface area (Å²) in [7, 11) is 0. The van der Waals surface area contributed by atoms with Gasteiger partial charge in [0.1, 0.15) is 12.1 Å². The van der Waals surface area contributed by atoms with Crippen molar-refractivity contribution in [2.24, 2.45) is 17.4 Å². The minimum absolute atomic E-state index is 0.0640. The number of imidazole rings is 1. The van der Waals surface area contributed by atoms with E-state index in [1.54, 1.807) is 0 Å². The molecule has 0 aliphatic carbocycles. The summed E-state index contributed by atoms with van der Waals surface area (Å²) in [6.45, 7) is 5.45. The largest absolute Gasteiger partial charge is 0.480 e. The average Bonchev–Trinajstić information content (AvgIpc) is 3.28. The highest BCUT2D eigenvalue weighted by molar-refractivity contribution is 5.94. The fraction of sp³-hybridized carbons (Fsp3) is 0.682. The molecule has 1 heterocycles. The van der Waals surface area contributed by atoms with E-state index in [1.807, 2.05) is 13.8 Å². The van der Waals surface area contributed by atoms with Crippen LogP contribution in [0.2, 0.25) is 0 Å². The number of aromatic amines is 1. The van der Waals surface area contributed by atoms with Crippen molar-refractivity contribution in [1.29, 1.82) is 0 Å². The Hall–Kier alpha value is -3.03. The van der Waals surface area contributed by atoms with Crippen molar-refractivity contribution in [3.05, 3.63) is 18.2 Å². The number of nitrogens with one attached hydrogen (secondary N) is 4. The molecule has 10 N–H and O–H groups in total. The first-order valence-electron chi connectivity index (χ1n) is 11.7. The highest BCUT2D eigenvalue weighted by Gasteiger charge is 2.32. The Morgan fingerprint density at radius 1 is 1.03 bits per heavy atom. The molecule has 0 saturated heterocycles. The number of aliphatic hydroxyl groups is 1. The van der Waals surface area contributed by atoms with Gasteiger partial charge in [0.05, 0.1) is 18.5 Å². The lowest BCUT2D eigenvalue weighted by Crippen LogP contribution is -2.58. The van der Waals surface area contributed by atoms with Crippen LogP contribution in [0, 0.1) is 5.92 Å². The van der Waals surface area contributed by atoms with E-state index in [2.05, 4.69) is 25.9 Å². The third-order valence-electron chi connectivity index (χ3n) is 5.30. The molecule has 1 aromatic heterocycles. The average molecular weight is 498 g/mol. The van der Waals surface area contributed by atoms with Gasteiger partial charge in [-0.3, -0.25) is 14.4 Å². The number of hydrogen-bond donors (Lipinski definition) is 8. The van der Waals surface area contributed by atoms with Gasteiger partial charge >= 0.3 is 5.97 Å². The summed E-state index contributed by atoms with van der Waals surface area (Å²) in [6, 6.07) is -4.55. The molecule has 1 aromatic rings. The lowest BCUT2D eigenvalue weighted by molar-refractivity contribution is -0.145. The SMILES string of the molecule is CC(C)CC(N)C(=O)NC(Cc1cnc[nH]1)C(=O)NC(CCCCN)C(=O)NC(C(=O)O)C(C)O. The predicted octanol–water partition coefficient (Wildman–Crippen LogP) is -1.63. The summed E-state index contributed by atoms with van der Waals surface area (Å²) >= 11 is 0. The maximum atomic E-state index is 13.2. The Morgan fingerprint density at radius 3 is 2.17 bits per heavy atom. The molecule has 1 rings (SSSR count). The molecule has 5 atom stereocenters. The molecule has 198 valence electrons. The second-order valence-corrected chi connectivity index (χ2v) is 8.99. The monoisotopic (exact) mass is 497 g/mol. The first-order chi connectivity index (χ1) is 16.5.